The highest BCUT2D eigenvalue weighted by Gasteiger charge is 2.19. The quantitative estimate of drug-likeness (QED) is 0.933. The highest BCUT2D eigenvalue weighted by molar-refractivity contribution is 7.98. The number of aromatic nitrogens is 1. The molecule has 1 unspecified atom stereocenters. The van der Waals surface area contributed by atoms with E-state index < -0.39 is 6.10 Å². The Hall–Kier alpha value is -0.360. The average molecular weight is 311 g/mol. The predicted molar refractivity (Wildman–Crippen MR) is 84.4 cm³/mol. The van der Waals surface area contributed by atoms with E-state index in [1.54, 1.807) is 22.7 Å². The topological polar surface area (TPSA) is 33.1 Å². The van der Waals surface area contributed by atoms with Crippen LogP contribution in [0.3, 0.4) is 0 Å². The number of hydrogen-bond acceptors (Lipinski definition) is 5. The minimum absolute atomic E-state index is 0.398. The largest absolute Gasteiger partial charge is 0.387 e. The average Bonchev–Trinajstić information content (AvgIpc) is 2.93. The molecule has 0 amide bonds. The van der Waals surface area contributed by atoms with Crippen molar-refractivity contribution in [2.75, 3.05) is 5.75 Å². The zero-order chi connectivity index (χ0) is 13.4. The number of aryl methyl sites for hydroxylation is 3. The van der Waals surface area contributed by atoms with E-state index in [0.29, 0.717) is 6.42 Å². The first kappa shape index (κ1) is 13.6. The lowest BCUT2D eigenvalue weighted by molar-refractivity contribution is 0.182. The SMILES string of the molecule is Cc1nc(CC(O)c2cc3c(s2)CCSC3)sc1C. The molecule has 0 spiro atoms. The molecule has 0 fully saturated rings. The molecule has 0 aliphatic carbocycles. The first-order chi connectivity index (χ1) is 9.13. The van der Waals surface area contributed by atoms with E-state index in [0.717, 1.165) is 27.8 Å². The Labute approximate surface area is 125 Å². The fourth-order valence-corrected chi connectivity index (χ4v) is 5.56. The zero-order valence-corrected chi connectivity index (χ0v) is 13.6. The molecule has 19 heavy (non-hydrogen) atoms. The molecular weight excluding hydrogens is 294 g/mol. The van der Waals surface area contributed by atoms with Crippen LogP contribution in [0.15, 0.2) is 6.07 Å². The second kappa shape index (κ2) is 5.56. The van der Waals surface area contributed by atoms with Crippen LogP contribution >= 0.6 is 34.4 Å². The molecule has 0 saturated carbocycles. The van der Waals surface area contributed by atoms with Crippen molar-refractivity contribution in [1.29, 1.82) is 0 Å². The second-order valence-corrected chi connectivity index (χ2v) is 8.43. The van der Waals surface area contributed by atoms with E-state index in [1.807, 2.05) is 18.7 Å². The molecular formula is C14H17NOS3. The smallest absolute Gasteiger partial charge is 0.0960 e. The van der Waals surface area contributed by atoms with Crippen LogP contribution in [0.2, 0.25) is 0 Å². The van der Waals surface area contributed by atoms with Gasteiger partial charge in [-0.3, -0.25) is 0 Å². The van der Waals surface area contributed by atoms with Gasteiger partial charge in [0.05, 0.1) is 16.8 Å². The Morgan fingerprint density at radius 2 is 2.21 bits per heavy atom. The van der Waals surface area contributed by atoms with Gasteiger partial charge in [0.15, 0.2) is 0 Å². The summed E-state index contributed by atoms with van der Waals surface area (Å²) in [7, 11) is 0. The molecule has 3 rings (SSSR count). The summed E-state index contributed by atoms with van der Waals surface area (Å²) in [6, 6.07) is 2.20. The minimum atomic E-state index is -0.398. The predicted octanol–water partition coefficient (Wildman–Crippen LogP) is 3.89. The van der Waals surface area contributed by atoms with Gasteiger partial charge < -0.3 is 5.11 Å². The summed E-state index contributed by atoms with van der Waals surface area (Å²) in [5.74, 6) is 2.32. The van der Waals surface area contributed by atoms with Crippen LogP contribution < -0.4 is 0 Å². The van der Waals surface area contributed by atoms with Crippen LogP contribution in [-0.4, -0.2) is 15.8 Å². The van der Waals surface area contributed by atoms with Crippen molar-refractivity contribution in [3.05, 3.63) is 37.0 Å². The Balaban J connectivity index is 1.76. The molecule has 1 N–H and O–H groups in total. The van der Waals surface area contributed by atoms with Crippen LogP contribution in [0.25, 0.3) is 0 Å². The Morgan fingerprint density at radius 1 is 1.37 bits per heavy atom. The van der Waals surface area contributed by atoms with Gasteiger partial charge in [0.25, 0.3) is 0 Å². The number of thiophene rings is 1. The van der Waals surface area contributed by atoms with E-state index >= 15 is 0 Å². The number of nitrogens with zero attached hydrogens (tertiary/aromatic N) is 1. The van der Waals surface area contributed by atoms with Crippen molar-refractivity contribution >= 4 is 34.4 Å². The van der Waals surface area contributed by atoms with Gasteiger partial charge in [-0.25, -0.2) is 4.98 Å². The van der Waals surface area contributed by atoms with Gasteiger partial charge in [-0.05, 0) is 37.7 Å². The molecule has 1 atom stereocenters. The lowest BCUT2D eigenvalue weighted by Crippen LogP contribution is -1.99. The summed E-state index contributed by atoms with van der Waals surface area (Å²) in [4.78, 5) is 8.35. The van der Waals surface area contributed by atoms with Gasteiger partial charge in [0.2, 0.25) is 0 Å². The highest BCUT2D eigenvalue weighted by atomic mass is 32.2. The maximum atomic E-state index is 10.4. The van der Waals surface area contributed by atoms with Gasteiger partial charge in [0.1, 0.15) is 0 Å². The van der Waals surface area contributed by atoms with Crippen LogP contribution in [0.5, 0.6) is 0 Å². The second-order valence-electron chi connectivity index (χ2n) is 4.87. The van der Waals surface area contributed by atoms with Crippen LogP contribution in [-0.2, 0) is 18.6 Å². The summed E-state index contributed by atoms with van der Waals surface area (Å²) in [6.07, 6.45) is 1.41. The molecule has 3 heterocycles. The third kappa shape index (κ3) is 2.89. The molecule has 0 saturated heterocycles. The lowest BCUT2D eigenvalue weighted by atomic mass is 10.1. The normalized spacial score (nSPS) is 16.4. The Bertz CT molecular complexity index is 545. The van der Waals surface area contributed by atoms with E-state index in [1.165, 1.54) is 21.1 Å². The Kier molecular flexibility index (Phi) is 3.98. The first-order valence-electron chi connectivity index (χ1n) is 6.43. The van der Waals surface area contributed by atoms with E-state index in [-0.39, 0.29) is 0 Å². The van der Waals surface area contributed by atoms with Crippen LogP contribution in [0.4, 0.5) is 0 Å². The number of aliphatic hydroxyl groups excluding tert-OH is 1. The van der Waals surface area contributed by atoms with E-state index in [2.05, 4.69) is 18.0 Å². The van der Waals surface area contributed by atoms with Crippen molar-refractivity contribution < 1.29 is 5.11 Å². The van der Waals surface area contributed by atoms with Crippen molar-refractivity contribution in [2.24, 2.45) is 0 Å². The van der Waals surface area contributed by atoms with Gasteiger partial charge in [-0.15, -0.1) is 22.7 Å². The van der Waals surface area contributed by atoms with Gasteiger partial charge >= 0.3 is 0 Å². The molecule has 102 valence electrons. The van der Waals surface area contributed by atoms with Crippen molar-refractivity contribution in [1.82, 2.24) is 4.98 Å². The molecule has 2 nitrogen and oxygen atoms in total. The monoisotopic (exact) mass is 311 g/mol. The number of aliphatic hydroxyl groups is 1. The fourth-order valence-electron chi connectivity index (χ4n) is 2.23. The molecule has 0 aromatic carbocycles. The standard InChI is InChI=1S/C14H17NOS3/c1-8-9(2)18-14(15-8)6-11(16)13-5-10-7-17-4-3-12(10)19-13/h5,11,16H,3-4,6-7H2,1-2H3. The van der Waals surface area contributed by atoms with Crippen molar-refractivity contribution in [3.63, 3.8) is 0 Å². The lowest BCUT2D eigenvalue weighted by Gasteiger charge is -2.08. The fraction of sp³-hybridized carbons (Fsp3) is 0.500. The number of fused-ring (bicyclic) bond motifs is 1. The molecule has 0 bridgehead atoms. The summed E-state index contributed by atoms with van der Waals surface area (Å²) in [5.41, 5.74) is 2.52. The summed E-state index contributed by atoms with van der Waals surface area (Å²) in [5, 5.41) is 11.4. The zero-order valence-electron chi connectivity index (χ0n) is 11.1. The number of thioether (sulfide) groups is 1. The van der Waals surface area contributed by atoms with Gasteiger partial charge in [0, 0.05) is 26.8 Å². The van der Waals surface area contributed by atoms with Crippen molar-refractivity contribution in [3.8, 4) is 0 Å². The minimum Gasteiger partial charge on any atom is -0.387 e. The molecule has 0 radical (unpaired) electrons. The molecule has 1 aliphatic heterocycles. The van der Waals surface area contributed by atoms with E-state index in [4.69, 9.17) is 0 Å². The first-order valence-corrected chi connectivity index (χ1v) is 9.22. The number of hydrogen-bond donors (Lipinski definition) is 1. The Morgan fingerprint density at radius 3 is 2.89 bits per heavy atom. The third-order valence-corrected chi connectivity index (χ3v) is 6.86. The molecule has 2 aromatic rings. The van der Waals surface area contributed by atoms with Crippen LogP contribution in [0.1, 0.15) is 37.0 Å². The van der Waals surface area contributed by atoms with Gasteiger partial charge in [-0.1, -0.05) is 0 Å². The van der Waals surface area contributed by atoms with Crippen LogP contribution in [0, 0.1) is 13.8 Å². The maximum Gasteiger partial charge on any atom is 0.0960 e. The van der Waals surface area contributed by atoms with Crippen molar-refractivity contribution in [2.45, 2.75) is 38.5 Å². The third-order valence-electron chi connectivity index (χ3n) is 3.42. The molecule has 2 aromatic heterocycles. The van der Waals surface area contributed by atoms with Gasteiger partial charge in [-0.2, -0.15) is 11.8 Å². The summed E-state index contributed by atoms with van der Waals surface area (Å²) >= 11 is 5.48. The summed E-state index contributed by atoms with van der Waals surface area (Å²) in [6.45, 7) is 4.12. The number of rotatable bonds is 3. The maximum absolute atomic E-state index is 10.4. The summed E-state index contributed by atoms with van der Waals surface area (Å²) < 4.78 is 0. The number of thiazole rings is 1. The van der Waals surface area contributed by atoms with E-state index in [9.17, 15) is 5.11 Å². The highest BCUT2D eigenvalue weighted by Crippen LogP contribution is 2.35. The molecule has 5 heteroatoms. The molecule has 1 aliphatic rings.